The molecule has 2 rings (SSSR count). The molecule has 0 aliphatic heterocycles. The highest BCUT2D eigenvalue weighted by Crippen LogP contribution is 2.31. The van der Waals surface area contributed by atoms with Gasteiger partial charge in [-0.3, -0.25) is 10.1 Å². The van der Waals surface area contributed by atoms with Crippen LogP contribution >= 0.6 is 0 Å². The van der Waals surface area contributed by atoms with E-state index in [1.165, 1.54) is 12.1 Å². The summed E-state index contributed by atoms with van der Waals surface area (Å²) in [6.07, 6.45) is 0. The molecule has 110 valence electrons. The SMILES string of the molecule is CCOc1nc(N)nc(Oc2ccc(C)cc2[N+](=O)[O-])n1. The first-order chi connectivity index (χ1) is 9.99. The van der Waals surface area contributed by atoms with Crippen molar-refractivity contribution in [3.63, 3.8) is 0 Å². The van der Waals surface area contributed by atoms with Gasteiger partial charge in [0, 0.05) is 6.07 Å². The van der Waals surface area contributed by atoms with Crippen molar-refractivity contribution in [3.8, 4) is 17.8 Å². The fourth-order valence-corrected chi connectivity index (χ4v) is 1.55. The lowest BCUT2D eigenvalue weighted by Crippen LogP contribution is -2.05. The topological polar surface area (TPSA) is 126 Å². The number of nitrogens with zero attached hydrogens (tertiary/aromatic N) is 4. The average molecular weight is 291 g/mol. The van der Waals surface area contributed by atoms with Gasteiger partial charge in [-0.05, 0) is 25.5 Å². The molecule has 0 aliphatic rings. The van der Waals surface area contributed by atoms with Gasteiger partial charge in [0.1, 0.15) is 0 Å². The van der Waals surface area contributed by atoms with Crippen LogP contribution in [-0.2, 0) is 0 Å². The predicted molar refractivity (Wildman–Crippen MR) is 73.3 cm³/mol. The summed E-state index contributed by atoms with van der Waals surface area (Å²) in [5.41, 5.74) is 6.06. The number of rotatable bonds is 5. The van der Waals surface area contributed by atoms with Crippen LogP contribution in [0, 0.1) is 17.0 Å². The minimum Gasteiger partial charge on any atom is -0.464 e. The van der Waals surface area contributed by atoms with Gasteiger partial charge >= 0.3 is 17.7 Å². The molecule has 2 N–H and O–H groups in total. The molecule has 1 aromatic heterocycles. The van der Waals surface area contributed by atoms with E-state index in [2.05, 4.69) is 15.0 Å². The predicted octanol–water partition coefficient (Wildman–Crippen LogP) is 1.86. The molecule has 1 aromatic carbocycles. The number of nitrogen functional groups attached to an aromatic ring is 1. The fraction of sp³-hybridized carbons (Fsp3) is 0.250. The Morgan fingerprint density at radius 3 is 2.67 bits per heavy atom. The molecule has 0 aliphatic carbocycles. The number of anilines is 1. The number of nitro groups is 1. The lowest BCUT2D eigenvalue weighted by Gasteiger charge is -2.07. The zero-order valence-corrected chi connectivity index (χ0v) is 11.4. The standard InChI is InChI=1S/C12H13N5O4/c1-3-20-11-14-10(13)15-12(16-11)21-9-5-4-7(2)6-8(9)17(18)19/h4-6H,3H2,1-2H3,(H2,13,14,15,16). The van der Waals surface area contributed by atoms with Gasteiger partial charge in [0.05, 0.1) is 11.5 Å². The zero-order chi connectivity index (χ0) is 15.4. The Bertz CT molecular complexity index is 677. The van der Waals surface area contributed by atoms with Crippen molar-refractivity contribution in [1.29, 1.82) is 0 Å². The van der Waals surface area contributed by atoms with Crippen LogP contribution in [0.25, 0.3) is 0 Å². The third-order valence-corrected chi connectivity index (χ3v) is 2.40. The smallest absolute Gasteiger partial charge is 0.330 e. The highest BCUT2D eigenvalue weighted by molar-refractivity contribution is 5.49. The number of benzene rings is 1. The minimum atomic E-state index is -0.545. The molecule has 0 saturated heterocycles. The van der Waals surface area contributed by atoms with Crippen LogP contribution in [0.3, 0.4) is 0 Å². The van der Waals surface area contributed by atoms with Gasteiger partial charge in [0.2, 0.25) is 11.7 Å². The Labute approximate surface area is 119 Å². The maximum absolute atomic E-state index is 11.0. The van der Waals surface area contributed by atoms with Crippen molar-refractivity contribution >= 4 is 11.6 Å². The molecule has 0 radical (unpaired) electrons. The van der Waals surface area contributed by atoms with Crippen LogP contribution < -0.4 is 15.2 Å². The highest BCUT2D eigenvalue weighted by atomic mass is 16.6. The number of hydrogen-bond acceptors (Lipinski definition) is 8. The number of aromatic nitrogens is 3. The number of nitro benzene ring substituents is 1. The van der Waals surface area contributed by atoms with Crippen LogP contribution in [0.5, 0.6) is 17.8 Å². The number of ether oxygens (including phenoxy) is 2. The first-order valence-corrected chi connectivity index (χ1v) is 6.07. The molecule has 21 heavy (non-hydrogen) atoms. The molecule has 0 atom stereocenters. The summed E-state index contributed by atoms with van der Waals surface area (Å²) in [6.45, 7) is 3.84. The largest absolute Gasteiger partial charge is 0.464 e. The van der Waals surface area contributed by atoms with Crippen LogP contribution in [-0.4, -0.2) is 26.5 Å². The van der Waals surface area contributed by atoms with Gasteiger partial charge in [-0.1, -0.05) is 6.07 Å². The van der Waals surface area contributed by atoms with Crippen LogP contribution in [0.2, 0.25) is 0 Å². The normalized spacial score (nSPS) is 10.2. The molecule has 9 heteroatoms. The van der Waals surface area contributed by atoms with E-state index in [1.54, 1.807) is 19.9 Å². The van der Waals surface area contributed by atoms with Gasteiger partial charge < -0.3 is 15.2 Å². The Hall–Kier alpha value is -2.97. The molecule has 0 spiro atoms. The first kappa shape index (κ1) is 14.4. The molecule has 1 heterocycles. The molecule has 0 amide bonds. The molecule has 0 saturated carbocycles. The number of nitrogens with two attached hydrogens (primary N) is 1. The molecule has 2 aromatic rings. The first-order valence-electron chi connectivity index (χ1n) is 6.07. The quantitative estimate of drug-likeness (QED) is 0.653. The number of aryl methyl sites for hydroxylation is 1. The van der Waals surface area contributed by atoms with Gasteiger partial charge in [0.15, 0.2) is 0 Å². The summed E-state index contributed by atoms with van der Waals surface area (Å²) in [5.74, 6) is -0.0862. The maximum Gasteiger partial charge on any atom is 0.330 e. The Morgan fingerprint density at radius 2 is 2.00 bits per heavy atom. The Morgan fingerprint density at radius 1 is 1.29 bits per heavy atom. The number of hydrogen-bond donors (Lipinski definition) is 1. The summed E-state index contributed by atoms with van der Waals surface area (Å²) in [7, 11) is 0. The Balaban J connectivity index is 2.36. The summed E-state index contributed by atoms with van der Waals surface area (Å²) >= 11 is 0. The van der Waals surface area contributed by atoms with E-state index in [0.29, 0.717) is 6.61 Å². The fourth-order valence-electron chi connectivity index (χ4n) is 1.55. The van der Waals surface area contributed by atoms with Gasteiger partial charge in [-0.2, -0.15) is 9.97 Å². The van der Waals surface area contributed by atoms with E-state index in [-0.39, 0.29) is 29.4 Å². The Kier molecular flexibility index (Phi) is 4.12. The molecule has 0 fully saturated rings. The van der Waals surface area contributed by atoms with Gasteiger partial charge in [0.25, 0.3) is 0 Å². The van der Waals surface area contributed by atoms with Crippen molar-refractivity contribution < 1.29 is 14.4 Å². The van der Waals surface area contributed by atoms with Crippen molar-refractivity contribution in [1.82, 2.24) is 15.0 Å². The van der Waals surface area contributed by atoms with E-state index < -0.39 is 4.92 Å². The zero-order valence-electron chi connectivity index (χ0n) is 11.4. The van der Waals surface area contributed by atoms with Gasteiger partial charge in [-0.15, -0.1) is 4.98 Å². The van der Waals surface area contributed by atoms with E-state index >= 15 is 0 Å². The summed E-state index contributed by atoms with van der Waals surface area (Å²) in [4.78, 5) is 21.9. The highest BCUT2D eigenvalue weighted by Gasteiger charge is 2.18. The lowest BCUT2D eigenvalue weighted by atomic mass is 10.2. The third kappa shape index (κ3) is 3.53. The third-order valence-electron chi connectivity index (χ3n) is 2.40. The second kappa shape index (κ2) is 5.99. The molecule has 9 nitrogen and oxygen atoms in total. The molecule has 0 unspecified atom stereocenters. The van der Waals surface area contributed by atoms with Crippen molar-refractivity contribution in [2.75, 3.05) is 12.3 Å². The van der Waals surface area contributed by atoms with Crippen LogP contribution in [0.4, 0.5) is 11.6 Å². The monoisotopic (exact) mass is 291 g/mol. The van der Waals surface area contributed by atoms with Crippen molar-refractivity contribution in [2.24, 2.45) is 0 Å². The van der Waals surface area contributed by atoms with E-state index in [4.69, 9.17) is 15.2 Å². The lowest BCUT2D eigenvalue weighted by molar-refractivity contribution is -0.385. The second-order valence-electron chi connectivity index (χ2n) is 4.02. The van der Waals surface area contributed by atoms with Crippen molar-refractivity contribution in [2.45, 2.75) is 13.8 Å². The average Bonchev–Trinajstić information content (AvgIpc) is 2.40. The molecular formula is C12H13N5O4. The maximum atomic E-state index is 11.0. The summed E-state index contributed by atoms with van der Waals surface area (Å²) in [6, 6.07) is 4.36. The second-order valence-corrected chi connectivity index (χ2v) is 4.02. The van der Waals surface area contributed by atoms with Crippen molar-refractivity contribution in [3.05, 3.63) is 33.9 Å². The van der Waals surface area contributed by atoms with E-state index in [9.17, 15) is 10.1 Å². The summed E-state index contributed by atoms with van der Waals surface area (Å²) < 4.78 is 10.4. The van der Waals surface area contributed by atoms with Crippen LogP contribution in [0.15, 0.2) is 18.2 Å². The van der Waals surface area contributed by atoms with E-state index in [0.717, 1.165) is 5.56 Å². The minimum absolute atomic E-state index is 0.00485. The summed E-state index contributed by atoms with van der Waals surface area (Å²) in [5, 5.41) is 11.0. The van der Waals surface area contributed by atoms with Gasteiger partial charge in [-0.25, -0.2) is 0 Å². The van der Waals surface area contributed by atoms with E-state index in [1.807, 2.05) is 0 Å². The molecular weight excluding hydrogens is 278 g/mol. The van der Waals surface area contributed by atoms with Crippen LogP contribution in [0.1, 0.15) is 12.5 Å². The molecule has 0 bridgehead atoms.